The number of anilines is 1. The van der Waals surface area contributed by atoms with Gasteiger partial charge in [-0.05, 0) is 78.7 Å². The van der Waals surface area contributed by atoms with E-state index < -0.39 is 20.0 Å². The second-order valence-corrected chi connectivity index (χ2v) is 14.8. The number of aryl methyl sites for hydroxylation is 1. The minimum absolute atomic E-state index is 0.0285. The quantitative estimate of drug-likeness (QED) is 0.211. The third-order valence-electron chi connectivity index (χ3n) is 7.40. The first-order valence-electron chi connectivity index (χ1n) is 14.6. The average Bonchev–Trinajstić information content (AvgIpc) is 3.08. The molecule has 1 saturated heterocycles. The maximum Gasteiger partial charge on any atom is 0.264 e. The number of sulfonamides is 2. The molecule has 1 amide bonds. The molecule has 0 radical (unpaired) electrons. The van der Waals surface area contributed by atoms with E-state index in [0.717, 1.165) is 5.56 Å². The first-order valence-corrected chi connectivity index (χ1v) is 17.8. The minimum Gasteiger partial charge on any atom is -0.492 e. The molecule has 0 atom stereocenters. The number of morpholine rings is 1. The summed E-state index contributed by atoms with van der Waals surface area (Å²) in [5, 5.41) is 3.21. The van der Waals surface area contributed by atoms with E-state index in [1.165, 1.54) is 20.7 Å². The monoisotopic (exact) mass is 683 g/mol. The smallest absolute Gasteiger partial charge is 0.264 e. The number of hydrogen-bond acceptors (Lipinski definition) is 7. The zero-order chi connectivity index (χ0) is 32.7. The Bertz CT molecular complexity index is 1870. The highest BCUT2D eigenvalue weighted by Crippen LogP contribution is 2.31. The van der Waals surface area contributed by atoms with E-state index in [9.17, 15) is 21.6 Å². The highest BCUT2D eigenvalue weighted by Gasteiger charge is 2.27. The van der Waals surface area contributed by atoms with Crippen molar-refractivity contribution < 1.29 is 31.1 Å². The molecule has 4 aromatic carbocycles. The Morgan fingerprint density at radius 2 is 1.57 bits per heavy atom. The molecule has 0 bridgehead atoms. The number of nitrogens with one attached hydrogen (secondary N) is 1. The van der Waals surface area contributed by atoms with E-state index in [1.807, 2.05) is 6.92 Å². The van der Waals surface area contributed by atoms with E-state index >= 15 is 0 Å². The molecule has 0 spiro atoms. The number of nitrogens with zero attached hydrogens (tertiary/aromatic N) is 2. The second-order valence-electron chi connectivity index (χ2n) is 10.5. The topological polar surface area (TPSA) is 122 Å². The molecule has 10 nitrogen and oxygen atoms in total. The molecule has 1 aliphatic heterocycles. The predicted octanol–water partition coefficient (Wildman–Crippen LogP) is 4.87. The highest BCUT2D eigenvalue weighted by atomic mass is 35.5. The largest absolute Gasteiger partial charge is 0.492 e. The summed E-state index contributed by atoms with van der Waals surface area (Å²) >= 11 is 6.25. The molecule has 5 rings (SSSR count). The minimum atomic E-state index is -3.93. The molecule has 46 heavy (non-hydrogen) atoms. The molecule has 1 aliphatic rings. The van der Waals surface area contributed by atoms with E-state index in [4.69, 9.17) is 21.1 Å². The van der Waals surface area contributed by atoms with Gasteiger partial charge < -0.3 is 14.8 Å². The van der Waals surface area contributed by atoms with Crippen LogP contribution >= 0.6 is 11.6 Å². The first kappa shape index (κ1) is 33.4. The molecule has 0 unspecified atom stereocenters. The van der Waals surface area contributed by atoms with Gasteiger partial charge in [0.15, 0.2) is 0 Å². The number of carbonyl (C=O) groups excluding carboxylic acids is 1. The fourth-order valence-electron chi connectivity index (χ4n) is 4.88. The van der Waals surface area contributed by atoms with Crippen molar-refractivity contribution >= 4 is 43.2 Å². The third-order valence-corrected chi connectivity index (χ3v) is 11.3. The van der Waals surface area contributed by atoms with Crippen molar-refractivity contribution in [2.24, 2.45) is 0 Å². The lowest BCUT2D eigenvalue weighted by Gasteiger charge is -2.26. The van der Waals surface area contributed by atoms with Gasteiger partial charge in [0.25, 0.3) is 15.9 Å². The maximum atomic E-state index is 13.7. The maximum absolute atomic E-state index is 13.7. The van der Waals surface area contributed by atoms with Gasteiger partial charge in [0.1, 0.15) is 12.4 Å². The van der Waals surface area contributed by atoms with E-state index in [1.54, 1.807) is 84.9 Å². The van der Waals surface area contributed by atoms with Gasteiger partial charge in [-0.15, -0.1) is 0 Å². The summed E-state index contributed by atoms with van der Waals surface area (Å²) in [6.07, 6.45) is 0. The van der Waals surface area contributed by atoms with Gasteiger partial charge in [-0.1, -0.05) is 48.0 Å². The molecule has 0 saturated carbocycles. The Morgan fingerprint density at radius 3 is 2.24 bits per heavy atom. The summed E-state index contributed by atoms with van der Waals surface area (Å²) in [6, 6.07) is 26.2. The van der Waals surface area contributed by atoms with Crippen molar-refractivity contribution in [1.82, 2.24) is 9.62 Å². The number of carbonyl (C=O) groups is 1. The van der Waals surface area contributed by atoms with Crippen molar-refractivity contribution in [2.75, 3.05) is 43.8 Å². The lowest BCUT2D eigenvalue weighted by atomic mass is 10.1. The fraction of sp³-hybridized carbons (Fsp3) is 0.242. The van der Waals surface area contributed by atoms with Crippen LogP contribution in [-0.4, -0.2) is 66.5 Å². The van der Waals surface area contributed by atoms with Gasteiger partial charge in [0.2, 0.25) is 10.0 Å². The van der Waals surface area contributed by atoms with Crippen LogP contribution in [0.5, 0.6) is 5.75 Å². The van der Waals surface area contributed by atoms with E-state index in [0.29, 0.717) is 53.9 Å². The number of ether oxygens (including phenoxy) is 2. The number of rotatable bonds is 12. The number of amides is 1. The Balaban J connectivity index is 1.18. The van der Waals surface area contributed by atoms with Crippen molar-refractivity contribution in [1.29, 1.82) is 0 Å². The van der Waals surface area contributed by atoms with E-state index in [-0.39, 0.29) is 35.4 Å². The molecule has 0 aliphatic carbocycles. The number of hydrogen-bond donors (Lipinski definition) is 1. The van der Waals surface area contributed by atoms with Crippen LogP contribution in [0.25, 0.3) is 0 Å². The Kier molecular flexibility index (Phi) is 10.6. The summed E-state index contributed by atoms with van der Waals surface area (Å²) < 4.78 is 66.7. The van der Waals surface area contributed by atoms with Gasteiger partial charge in [-0.2, -0.15) is 4.31 Å². The first-order chi connectivity index (χ1) is 22.1. The third kappa shape index (κ3) is 7.88. The Labute approximate surface area is 274 Å². The van der Waals surface area contributed by atoms with Crippen molar-refractivity contribution in [3.8, 4) is 5.75 Å². The van der Waals surface area contributed by atoms with Gasteiger partial charge in [-0.3, -0.25) is 9.10 Å². The van der Waals surface area contributed by atoms with Crippen molar-refractivity contribution in [3.63, 3.8) is 0 Å². The van der Waals surface area contributed by atoms with Crippen LogP contribution in [0, 0.1) is 6.92 Å². The lowest BCUT2D eigenvalue weighted by molar-refractivity contribution is 0.0730. The standard InChI is InChI=1S/C33H34ClN3O7S2/c1-25-7-12-28(34)23-32(25)37(46(41,42)30-5-3-2-4-6-30)24-26-8-10-27(11-9-26)33(38)35-17-20-44-29-13-15-31(16-14-29)45(39,40)36-18-21-43-22-19-36/h2-16,23H,17-22,24H2,1H3,(H,35,38). The van der Waals surface area contributed by atoms with Gasteiger partial charge >= 0.3 is 0 Å². The molecule has 13 heteroatoms. The zero-order valence-corrected chi connectivity index (χ0v) is 27.5. The molecular formula is C33H34ClN3O7S2. The summed E-state index contributed by atoms with van der Waals surface area (Å²) in [6.45, 7) is 3.62. The molecule has 1 heterocycles. The average molecular weight is 684 g/mol. The molecule has 242 valence electrons. The van der Waals surface area contributed by atoms with Crippen molar-refractivity contribution in [2.45, 2.75) is 23.3 Å². The number of benzene rings is 4. The normalized spacial score (nSPS) is 14.0. The Hall–Kier alpha value is -3.94. The molecule has 0 aromatic heterocycles. The van der Waals surface area contributed by atoms with Crippen LogP contribution in [0.2, 0.25) is 5.02 Å². The van der Waals surface area contributed by atoms with Crippen LogP contribution in [0.3, 0.4) is 0 Å². The van der Waals surface area contributed by atoms with Crippen molar-refractivity contribution in [3.05, 3.63) is 119 Å². The summed E-state index contributed by atoms with van der Waals surface area (Å²) in [5.74, 6) is 0.158. The van der Waals surface area contributed by atoms with Gasteiger partial charge in [-0.25, -0.2) is 16.8 Å². The van der Waals surface area contributed by atoms with Crippen LogP contribution in [0.1, 0.15) is 21.5 Å². The highest BCUT2D eigenvalue weighted by molar-refractivity contribution is 7.92. The fourth-order valence-corrected chi connectivity index (χ4v) is 7.98. The summed E-state index contributed by atoms with van der Waals surface area (Å²) in [4.78, 5) is 13.1. The predicted molar refractivity (Wildman–Crippen MR) is 176 cm³/mol. The molecule has 1 fully saturated rings. The lowest BCUT2D eigenvalue weighted by Crippen LogP contribution is -2.40. The Morgan fingerprint density at radius 1 is 0.891 bits per heavy atom. The molecular weight excluding hydrogens is 650 g/mol. The zero-order valence-electron chi connectivity index (χ0n) is 25.1. The summed E-state index contributed by atoms with van der Waals surface area (Å²) in [5.41, 5.74) is 2.29. The van der Waals surface area contributed by atoms with Crippen LogP contribution in [0.15, 0.2) is 107 Å². The summed E-state index contributed by atoms with van der Waals surface area (Å²) in [7, 11) is -7.52. The van der Waals surface area contributed by atoms with Crippen LogP contribution in [-0.2, 0) is 31.3 Å². The van der Waals surface area contributed by atoms with Gasteiger partial charge in [0.05, 0.1) is 41.8 Å². The van der Waals surface area contributed by atoms with Crippen LogP contribution in [0.4, 0.5) is 5.69 Å². The second kappa shape index (κ2) is 14.7. The van der Waals surface area contributed by atoms with Crippen LogP contribution < -0.4 is 14.4 Å². The number of halogens is 1. The van der Waals surface area contributed by atoms with E-state index in [2.05, 4.69) is 5.32 Å². The van der Waals surface area contributed by atoms with Gasteiger partial charge in [0, 0.05) is 23.7 Å². The molecule has 1 N–H and O–H groups in total. The SMILES string of the molecule is Cc1ccc(Cl)cc1N(Cc1ccc(C(=O)NCCOc2ccc(S(=O)(=O)N3CCOCC3)cc2)cc1)S(=O)(=O)c1ccccc1. The molecule has 4 aromatic rings.